The van der Waals surface area contributed by atoms with Crippen LogP contribution >= 0.6 is 11.6 Å². The molecule has 32 heavy (non-hydrogen) atoms. The molecule has 0 bridgehead atoms. The normalized spacial score (nSPS) is 14.6. The van der Waals surface area contributed by atoms with Crippen molar-refractivity contribution in [2.75, 3.05) is 18.5 Å². The molecular formula is C23H22ClN7O. The Balaban J connectivity index is 1.70. The van der Waals surface area contributed by atoms with Crippen LogP contribution in [0.3, 0.4) is 0 Å². The SMILES string of the molecule is C=Nc1ccc(Cl)cc1Nc1nc(-c2ccncc2)c2nc(C)n(C3CCOCC3)c2n1. The summed E-state index contributed by atoms with van der Waals surface area (Å²) in [6, 6.07) is 9.48. The van der Waals surface area contributed by atoms with E-state index in [2.05, 4.69) is 26.6 Å². The zero-order valence-corrected chi connectivity index (χ0v) is 18.4. The number of nitrogens with zero attached hydrogens (tertiary/aromatic N) is 6. The monoisotopic (exact) mass is 447 g/mol. The number of hydrogen-bond acceptors (Lipinski definition) is 7. The number of anilines is 2. The number of fused-ring (bicyclic) bond motifs is 1. The molecule has 0 amide bonds. The zero-order chi connectivity index (χ0) is 22.1. The number of imidazole rings is 1. The maximum absolute atomic E-state index is 6.22. The largest absolute Gasteiger partial charge is 0.381 e. The fourth-order valence-corrected chi connectivity index (χ4v) is 4.27. The van der Waals surface area contributed by atoms with E-state index in [1.54, 1.807) is 30.6 Å². The molecule has 9 heteroatoms. The third kappa shape index (κ3) is 3.83. The van der Waals surface area contributed by atoms with Crippen LogP contribution in [0.1, 0.15) is 24.7 Å². The summed E-state index contributed by atoms with van der Waals surface area (Å²) in [6.45, 7) is 7.12. The molecule has 4 aromatic rings. The number of aliphatic imine (C=N–C) groups is 1. The van der Waals surface area contributed by atoms with Crippen LogP contribution in [0.25, 0.3) is 22.4 Å². The Morgan fingerprint density at radius 3 is 2.66 bits per heavy atom. The number of rotatable bonds is 5. The van der Waals surface area contributed by atoms with Crippen LogP contribution in [0, 0.1) is 6.92 Å². The lowest BCUT2D eigenvalue weighted by Crippen LogP contribution is -2.20. The molecule has 4 heterocycles. The maximum atomic E-state index is 6.22. The Labute approximate surface area is 190 Å². The highest BCUT2D eigenvalue weighted by molar-refractivity contribution is 6.31. The number of ether oxygens (including phenoxy) is 1. The van der Waals surface area contributed by atoms with Crippen molar-refractivity contribution < 1.29 is 4.74 Å². The maximum Gasteiger partial charge on any atom is 0.229 e. The Morgan fingerprint density at radius 1 is 1.12 bits per heavy atom. The summed E-state index contributed by atoms with van der Waals surface area (Å²) in [5.41, 5.74) is 4.55. The summed E-state index contributed by atoms with van der Waals surface area (Å²) in [5, 5.41) is 3.87. The van der Waals surface area contributed by atoms with E-state index in [1.807, 2.05) is 19.1 Å². The van der Waals surface area contributed by atoms with Gasteiger partial charge in [0.25, 0.3) is 0 Å². The van der Waals surface area contributed by atoms with Crippen molar-refractivity contribution in [3.63, 3.8) is 0 Å². The number of halogens is 1. The van der Waals surface area contributed by atoms with Crippen LogP contribution in [0.4, 0.5) is 17.3 Å². The first-order chi connectivity index (χ1) is 15.6. The molecule has 0 radical (unpaired) electrons. The molecule has 0 aliphatic carbocycles. The minimum atomic E-state index is 0.276. The Bertz CT molecular complexity index is 1280. The summed E-state index contributed by atoms with van der Waals surface area (Å²) in [4.78, 5) is 22.8. The van der Waals surface area contributed by atoms with Crippen molar-refractivity contribution in [1.82, 2.24) is 24.5 Å². The zero-order valence-electron chi connectivity index (χ0n) is 17.6. The second kappa shape index (κ2) is 8.64. The predicted octanol–water partition coefficient (Wildman–Crippen LogP) is 5.28. The average molecular weight is 448 g/mol. The van der Waals surface area contributed by atoms with Gasteiger partial charge < -0.3 is 14.6 Å². The summed E-state index contributed by atoms with van der Waals surface area (Å²) >= 11 is 6.22. The molecule has 162 valence electrons. The van der Waals surface area contributed by atoms with Gasteiger partial charge in [-0.1, -0.05) is 11.6 Å². The number of nitrogens with one attached hydrogen (secondary N) is 1. The van der Waals surface area contributed by atoms with Crippen molar-refractivity contribution in [3.8, 4) is 11.3 Å². The quantitative estimate of drug-likeness (QED) is 0.419. The lowest BCUT2D eigenvalue weighted by Gasteiger charge is -2.24. The second-order valence-corrected chi connectivity index (χ2v) is 8.06. The van der Waals surface area contributed by atoms with Crippen molar-refractivity contribution in [2.45, 2.75) is 25.8 Å². The van der Waals surface area contributed by atoms with Crippen molar-refractivity contribution in [3.05, 3.63) is 53.6 Å². The van der Waals surface area contributed by atoms with E-state index in [0.29, 0.717) is 22.3 Å². The van der Waals surface area contributed by atoms with Crippen LogP contribution in [-0.2, 0) is 4.74 Å². The van der Waals surface area contributed by atoms with Gasteiger partial charge in [0.2, 0.25) is 5.95 Å². The summed E-state index contributed by atoms with van der Waals surface area (Å²) in [6.07, 6.45) is 5.33. The van der Waals surface area contributed by atoms with E-state index in [4.69, 9.17) is 31.3 Å². The first-order valence-corrected chi connectivity index (χ1v) is 10.8. The van der Waals surface area contributed by atoms with E-state index < -0.39 is 0 Å². The number of aromatic nitrogens is 5. The highest BCUT2D eigenvalue weighted by Gasteiger charge is 2.24. The van der Waals surface area contributed by atoms with E-state index >= 15 is 0 Å². The number of hydrogen-bond donors (Lipinski definition) is 1. The van der Waals surface area contributed by atoms with Crippen LogP contribution in [-0.4, -0.2) is 44.4 Å². The van der Waals surface area contributed by atoms with E-state index in [0.717, 1.165) is 54.3 Å². The second-order valence-electron chi connectivity index (χ2n) is 7.62. The molecule has 1 N–H and O–H groups in total. The minimum absolute atomic E-state index is 0.276. The molecule has 1 saturated heterocycles. The fraction of sp³-hybridized carbons (Fsp3) is 0.261. The van der Waals surface area contributed by atoms with Gasteiger partial charge >= 0.3 is 0 Å². The first-order valence-electron chi connectivity index (χ1n) is 10.4. The van der Waals surface area contributed by atoms with E-state index in [9.17, 15) is 0 Å². The molecule has 1 fully saturated rings. The van der Waals surface area contributed by atoms with Gasteiger partial charge in [-0.2, -0.15) is 4.98 Å². The van der Waals surface area contributed by atoms with Gasteiger partial charge in [0.15, 0.2) is 5.65 Å². The number of pyridine rings is 1. The lowest BCUT2D eigenvalue weighted by molar-refractivity contribution is 0.0699. The van der Waals surface area contributed by atoms with Gasteiger partial charge in [0, 0.05) is 42.2 Å². The summed E-state index contributed by atoms with van der Waals surface area (Å²) in [7, 11) is 0. The van der Waals surface area contributed by atoms with Crippen molar-refractivity contribution >= 4 is 46.8 Å². The Hall–Kier alpha value is -3.36. The van der Waals surface area contributed by atoms with Gasteiger partial charge in [-0.15, -0.1) is 0 Å². The topological polar surface area (TPSA) is 90.1 Å². The van der Waals surface area contributed by atoms with Crippen LogP contribution in [0.5, 0.6) is 0 Å². The third-order valence-corrected chi connectivity index (χ3v) is 5.84. The van der Waals surface area contributed by atoms with E-state index in [1.165, 1.54) is 0 Å². The molecule has 1 aromatic carbocycles. The molecule has 1 aliphatic heterocycles. The molecule has 8 nitrogen and oxygen atoms in total. The summed E-state index contributed by atoms with van der Waals surface area (Å²) in [5.74, 6) is 1.34. The smallest absolute Gasteiger partial charge is 0.229 e. The first kappa shape index (κ1) is 20.5. The standard InChI is InChI=1S/C23H22ClN7O/c1-14-27-21-20(15-5-9-26-10-6-15)29-23(28-19-13-16(24)3-4-18(19)25-2)30-22(21)31(14)17-7-11-32-12-8-17/h3-6,9-10,13,17H,2,7-8,11-12H2,1H3,(H,28,29,30). The summed E-state index contributed by atoms with van der Waals surface area (Å²) < 4.78 is 7.78. The van der Waals surface area contributed by atoms with Crippen LogP contribution in [0.2, 0.25) is 5.02 Å². The molecule has 0 spiro atoms. The average Bonchev–Trinajstić information content (AvgIpc) is 3.15. The third-order valence-electron chi connectivity index (χ3n) is 5.60. The molecule has 0 atom stereocenters. The minimum Gasteiger partial charge on any atom is -0.381 e. The number of benzene rings is 1. The van der Waals surface area contributed by atoms with Gasteiger partial charge in [0.1, 0.15) is 17.0 Å². The van der Waals surface area contributed by atoms with Gasteiger partial charge in [-0.3, -0.25) is 9.98 Å². The fourth-order valence-electron chi connectivity index (χ4n) is 4.10. The lowest BCUT2D eigenvalue weighted by atomic mass is 10.1. The van der Waals surface area contributed by atoms with Gasteiger partial charge in [-0.05, 0) is 56.8 Å². The van der Waals surface area contributed by atoms with Crippen molar-refractivity contribution in [2.24, 2.45) is 4.99 Å². The highest BCUT2D eigenvalue weighted by Crippen LogP contribution is 2.34. The Kier molecular flexibility index (Phi) is 5.55. The predicted molar refractivity (Wildman–Crippen MR) is 126 cm³/mol. The molecule has 0 unspecified atom stereocenters. The highest BCUT2D eigenvalue weighted by atomic mass is 35.5. The van der Waals surface area contributed by atoms with Crippen molar-refractivity contribution in [1.29, 1.82) is 0 Å². The molecule has 5 rings (SSSR count). The van der Waals surface area contributed by atoms with Gasteiger partial charge in [0.05, 0.1) is 11.4 Å². The number of aryl methyl sites for hydroxylation is 1. The molecule has 3 aromatic heterocycles. The molecule has 0 saturated carbocycles. The van der Waals surface area contributed by atoms with Crippen LogP contribution < -0.4 is 5.32 Å². The van der Waals surface area contributed by atoms with E-state index in [-0.39, 0.29) is 6.04 Å². The Morgan fingerprint density at radius 2 is 1.91 bits per heavy atom. The molecular weight excluding hydrogens is 426 g/mol. The van der Waals surface area contributed by atoms with Crippen LogP contribution in [0.15, 0.2) is 47.7 Å². The van der Waals surface area contributed by atoms with Gasteiger partial charge in [-0.25, -0.2) is 9.97 Å². The molecule has 1 aliphatic rings.